The van der Waals surface area contributed by atoms with Crippen LogP contribution in [0.1, 0.15) is 23.7 Å². The minimum Gasteiger partial charge on any atom is -0.399 e. The van der Waals surface area contributed by atoms with Crippen LogP contribution in [-0.2, 0) is 4.74 Å². The summed E-state index contributed by atoms with van der Waals surface area (Å²) in [7, 11) is 0. The number of amides is 1. The molecule has 0 spiro atoms. The molecular formula is C12H15BrN2O2. The van der Waals surface area contributed by atoms with Crippen molar-refractivity contribution in [3.05, 3.63) is 28.2 Å². The molecule has 5 heteroatoms. The van der Waals surface area contributed by atoms with Crippen LogP contribution in [0.3, 0.4) is 0 Å². The number of hydrogen-bond donors (Lipinski definition) is 2. The Kier molecular flexibility index (Phi) is 3.69. The molecule has 0 aromatic heterocycles. The molecule has 3 N–H and O–H groups in total. The molecule has 17 heavy (non-hydrogen) atoms. The summed E-state index contributed by atoms with van der Waals surface area (Å²) in [5.41, 5.74) is 6.83. The molecule has 1 aliphatic heterocycles. The molecule has 1 aliphatic rings. The fourth-order valence-corrected chi connectivity index (χ4v) is 2.43. The van der Waals surface area contributed by atoms with Crippen molar-refractivity contribution in [2.24, 2.45) is 0 Å². The van der Waals surface area contributed by atoms with Gasteiger partial charge in [-0.3, -0.25) is 4.79 Å². The Morgan fingerprint density at radius 3 is 2.88 bits per heavy atom. The second-order valence-corrected chi connectivity index (χ2v) is 5.13. The minimum absolute atomic E-state index is 0.0726. The van der Waals surface area contributed by atoms with Gasteiger partial charge in [0.05, 0.1) is 12.1 Å². The second kappa shape index (κ2) is 5.06. The van der Waals surface area contributed by atoms with Crippen LogP contribution in [-0.4, -0.2) is 24.7 Å². The van der Waals surface area contributed by atoms with E-state index >= 15 is 0 Å². The molecule has 1 fully saturated rings. The fourth-order valence-electron chi connectivity index (χ4n) is 1.92. The van der Waals surface area contributed by atoms with E-state index in [2.05, 4.69) is 21.2 Å². The number of benzene rings is 1. The van der Waals surface area contributed by atoms with Crippen LogP contribution in [0, 0.1) is 0 Å². The Balaban J connectivity index is 2.09. The second-order valence-electron chi connectivity index (χ2n) is 4.22. The Labute approximate surface area is 109 Å². The van der Waals surface area contributed by atoms with Crippen molar-refractivity contribution in [3.63, 3.8) is 0 Å². The van der Waals surface area contributed by atoms with Gasteiger partial charge < -0.3 is 15.8 Å². The molecule has 2 atom stereocenters. The van der Waals surface area contributed by atoms with E-state index in [0.29, 0.717) is 17.9 Å². The van der Waals surface area contributed by atoms with E-state index in [1.165, 1.54) is 0 Å². The number of ether oxygens (including phenoxy) is 1. The molecule has 92 valence electrons. The normalized spacial score (nSPS) is 23.6. The van der Waals surface area contributed by atoms with E-state index in [9.17, 15) is 4.79 Å². The number of nitrogens with one attached hydrogen (secondary N) is 1. The van der Waals surface area contributed by atoms with Crippen LogP contribution in [0.5, 0.6) is 0 Å². The summed E-state index contributed by atoms with van der Waals surface area (Å²) < 4.78 is 6.21. The SMILES string of the molecule is CC1OCCC1NC(=O)c1cc(N)cc(Br)c1. The van der Waals surface area contributed by atoms with Crippen LogP contribution in [0.15, 0.2) is 22.7 Å². The summed E-state index contributed by atoms with van der Waals surface area (Å²) in [5, 5.41) is 2.96. The third-order valence-corrected chi connectivity index (χ3v) is 3.33. The minimum atomic E-state index is -0.111. The van der Waals surface area contributed by atoms with Crippen molar-refractivity contribution in [2.75, 3.05) is 12.3 Å². The lowest BCUT2D eigenvalue weighted by Gasteiger charge is -2.16. The lowest BCUT2D eigenvalue weighted by atomic mass is 10.1. The third kappa shape index (κ3) is 2.98. The number of carbonyl (C=O) groups is 1. The molecule has 0 saturated carbocycles. The zero-order valence-electron chi connectivity index (χ0n) is 9.57. The predicted molar refractivity (Wildman–Crippen MR) is 69.8 cm³/mol. The molecule has 0 radical (unpaired) electrons. The van der Waals surface area contributed by atoms with Crippen LogP contribution < -0.4 is 11.1 Å². The van der Waals surface area contributed by atoms with Crippen molar-refractivity contribution < 1.29 is 9.53 Å². The lowest BCUT2D eigenvalue weighted by molar-refractivity contribution is 0.0866. The zero-order chi connectivity index (χ0) is 12.4. The molecule has 1 heterocycles. The first-order chi connectivity index (χ1) is 8.06. The van der Waals surface area contributed by atoms with Gasteiger partial charge in [0.25, 0.3) is 5.91 Å². The number of nitrogens with two attached hydrogens (primary N) is 1. The van der Waals surface area contributed by atoms with Crippen LogP contribution in [0.2, 0.25) is 0 Å². The summed E-state index contributed by atoms with van der Waals surface area (Å²) in [6.07, 6.45) is 0.930. The van der Waals surface area contributed by atoms with Crippen molar-refractivity contribution >= 4 is 27.5 Å². The number of carbonyl (C=O) groups excluding carboxylic acids is 1. The van der Waals surface area contributed by atoms with Gasteiger partial charge in [-0.1, -0.05) is 15.9 Å². The van der Waals surface area contributed by atoms with E-state index in [1.807, 2.05) is 6.92 Å². The molecule has 1 aromatic rings. The molecule has 1 saturated heterocycles. The van der Waals surface area contributed by atoms with Gasteiger partial charge in [0, 0.05) is 22.3 Å². The number of halogens is 1. The van der Waals surface area contributed by atoms with Crippen molar-refractivity contribution in [1.82, 2.24) is 5.32 Å². The largest absolute Gasteiger partial charge is 0.399 e. The smallest absolute Gasteiger partial charge is 0.251 e. The fraction of sp³-hybridized carbons (Fsp3) is 0.417. The van der Waals surface area contributed by atoms with Crippen LogP contribution >= 0.6 is 15.9 Å². The van der Waals surface area contributed by atoms with Crippen molar-refractivity contribution in [3.8, 4) is 0 Å². The Bertz CT molecular complexity index is 416. The zero-order valence-corrected chi connectivity index (χ0v) is 11.2. The van der Waals surface area contributed by atoms with Gasteiger partial charge in [0.2, 0.25) is 0 Å². The summed E-state index contributed by atoms with van der Waals surface area (Å²) in [4.78, 5) is 12.0. The van der Waals surface area contributed by atoms with Crippen molar-refractivity contribution in [1.29, 1.82) is 0 Å². The molecule has 2 rings (SSSR count). The van der Waals surface area contributed by atoms with Crippen LogP contribution in [0.25, 0.3) is 0 Å². The molecule has 1 aromatic carbocycles. The maximum absolute atomic E-state index is 12.0. The summed E-state index contributed by atoms with van der Waals surface area (Å²) >= 11 is 3.32. The first-order valence-corrected chi connectivity index (χ1v) is 6.34. The monoisotopic (exact) mass is 298 g/mol. The maximum atomic E-state index is 12.0. The van der Waals surface area contributed by atoms with E-state index in [1.54, 1.807) is 18.2 Å². The van der Waals surface area contributed by atoms with Gasteiger partial charge in [0.1, 0.15) is 0 Å². The molecule has 0 bridgehead atoms. The Morgan fingerprint density at radius 2 is 2.29 bits per heavy atom. The highest BCUT2D eigenvalue weighted by atomic mass is 79.9. The quantitative estimate of drug-likeness (QED) is 0.820. The maximum Gasteiger partial charge on any atom is 0.251 e. The third-order valence-electron chi connectivity index (χ3n) is 2.88. The van der Waals surface area contributed by atoms with Gasteiger partial charge in [-0.25, -0.2) is 0 Å². The summed E-state index contributed by atoms with van der Waals surface area (Å²) in [6.45, 7) is 2.67. The van der Waals surface area contributed by atoms with Gasteiger partial charge >= 0.3 is 0 Å². The number of rotatable bonds is 2. The van der Waals surface area contributed by atoms with Gasteiger partial charge in [0.15, 0.2) is 0 Å². The van der Waals surface area contributed by atoms with Gasteiger partial charge in [-0.2, -0.15) is 0 Å². The summed E-state index contributed by atoms with van der Waals surface area (Å²) in [6, 6.07) is 5.27. The van der Waals surface area contributed by atoms with Crippen molar-refractivity contribution in [2.45, 2.75) is 25.5 Å². The van der Waals surface area contributed by atoms with E-state index in [4.69, 9.17) is 10.5 Å². The number of nitrogen functional groups attached to an aromatic ring is 1. The molecule has 1 amide bonds. The number of hydrogen-bond acceptors (Lipinski definition) is 3. The highest BCUT2D eigenvalue weighted by Crippen LogP contribution is 2.18. The predicted octanol–water partition coefficient (Wildman–Crippen LogP) is 1.94. The highest BCUT2D eigenvalue weighted by molar-refractivity contribution is 9.10. The topological polar surface area (TPSA) is 64.3 Å². The van der Waals surface area contributed by atoms with E-state index in [0.717, 1.165) is 10.9 Å². The average Bonchev–Trinajstić information content (AvgIpc) is 2.63. The van der Waals surface area contributed by atoms with E-state index in [-0.39, 0.29) is 18.1 Å². The summed E-state index contributed by atoms with van der Waals surface area (Å²) in [5.74, 6) is -0.111. The first-order valence-electron chi connectivity index (χ1n) is 5.55. The van der Waals surface area contributed by atoms with Gasteiger partial charge in [-0.05, 0) is 31.5 Å². The van der Waals surface area contributed by atoms with Gasteiger partial charge in [-0.15, -0.1) is 0 Å². The molecular weight excluding hydrogens is 284 g/mol. The lowest BCUT2D eigenvalue weighted by Crippen LogP contribution is -2.39. The standard InChI is InChI=1S/C12H15BrN2O2/c1-7-11(2-3-17-7)15-12(16)8-4-9(13)6-10(14)5-8/h4-7,11H,2-3,14H2,1H3,(H,15,16). The first kappa shape index (κ1) is 12.4. The molecule has 2 unspecified atom stereocenters. The Morgan fingerprint density at radius 1 is 1.53 bits per heavy atom. The Hall–Kier alpha value is -1.07. The van der Waals surface area contributed by atoms with E-state index < -0.39 is 0 Å². The molecule has 4 nitrogen and oxygen atoms in total. The molecule has 0 aliphatic carbocycles. The highest BCUT2D eigenvalue weighted by Gasteiger charge is 2.26. The number of anilines is 1. The van der Waals surface area contributed by atoms with Crippen LogP contribution in [0.4, 0.5) is 5.69 Å². The average molecular weight is 299 g/mol.